The zero-order valence-electron chi connectivity index (χ0n) is 4.63. The fourth-order valence-electron chi connectivity index (χ4n) is 0.524. The van der Waals surface area contributed by atoms with Crippen molar-refractivity contribution in [2.24, 2.45) is 0 Å². The highest BCUT2D eigenvalue weighted by Crippen LogP contribution is 1.99. The van der Waals surface area contributed by atoms with Gasteiger partial charge in [-0.15, -0.1) is 0 Å². The lowest BCUT2D eigenvalue weighted by molar-refractivity contribution is 0.627. The summed E-state index contributed by atoms with van der Waals surface area (Å²) in [7, 11) is 0. The summed E-state index contributed by atoms with van der Waals surface area (Å²) in [5.74, 6) is -0.311. The number of hydrogen-bond acceptors (Lipinski definition) is 1. The Morgan fingerprint density at radius 2 is 1.78 bits per heavy atom. The minimum absolute atomic E-state index is 0.311. The molecule has 0 aliphatic rings. The topological polar surface area (TPSA) is 23.8 Å². The number of nitriles is 1. The van der Waals surface area contributed by atoms with Gasteiger partial charge in [-0.1, -0.05) is 0 Å². The van der Waals surface area contributed by atoms with E-state index in [1.807, 2.05) is 6.07 Å². The number of nitrogens with zero attached hydrogens (tertiary/aromatic N) is 1. The van der Waals surface area contributed by atoms with E-state index in [4.69, 9.17) is 5.26 Å². The van der Waals surface area contributed by atoms with E-state index < -0.39 is 0 Å². The van der Waals surface area contributed by atoms with E-state index >= 15 is 0 Å². The van der Waals surface area contributed by atoms with E-state index in [-0.39, 0.29) is 5.82 Å². The summed E-state index contributed by atoms with van der Waals surface area (Å²) in [5.41, 5.74) is 0.483. The van der Waals surface area contributed by atoms with E-state index in [1.165, 1.54) is 24.3 Å². The maximum Gasteiger partial charge on any atom is 0.123 e. The van der Waals surface area contributed by atoms with E-state index in [0.29, 0.717) is 5.56 Å². The highest BCUT2D eigenvalue weighted by molar-refractivity contribution is 5.28. The van der Waals surface area contributed by atoms with Crippen LogP contribution in [0.25, 0.3) is 0 Å². The van der Waals surface area contributed by atoms with Crippen LogP contribution in [0.4, 0.5) is 4.39 Å². The van der Waals surface area contributed by atoms with Crippen LogP contribution in [0.15, 0.2) is 24.3 Å². The van der Waals surface area contributed by atoms with Crippen molar-refractivity contribution in [3.8, 4) is 6.07 Å². The molecular weight excluding hydrogens is 118 g/mol. The van der Waals surface area contributed by atoms with Crippen molar-refractivity contribution in [1.82, 2.24) is 0 Å². The van der Waals surface area contributed by atoms with Gasteiger partial charge in [0.1, 0.15) is 5.82 Å². The first-order valence-corrected chi connectivity index (χ1v) is 2.48. The lowest BCUT2D eigenvalue weighted by Gasteiger charge is -1.84. The Morgan fingerprint density at radius 3 is 2.22 bits per heavy atom. The van der Waals surface area contributed by atoms with Crippen LogP contribution >= 0.6 is 0 Å². The standard InChI is InChI=1S/C7H4FN/c8-7-3-1-6(5-9)2-4-7/h1-4H/i5+1. The highest BCUT2D eigenvalue weighted by Gasteiger charge is 1.87. The Morgan fingerprint density at radius 1 is 1.22 bits per heavy atom. The van der Waals surface area contributed by atoms with Crippen molar-refractivity contribution in [1.29, 1.82) is 5.26 Å². The van der Waals surface area contributed by atoms with Gasteiger partial charge in [-0.2, -0.15) is 5.26 Å². The molecule has 0 atom stereocenters. The number of benzene rings is 1. The smallest absolute Gasteiger partial charge is 0.123 e. The van der Waals surface area contributed by atoms with Gasteiger partial charge in [0.05, 0.1) is 11.6 Å². The molecule has 0 aromatic heterocycles. The predicted octanol–water partition coefficient (Wildman–Crippen LogP) is 1.70. The summed E-state index contributed by atoms with van der Waals surface area (Å²) in [6, 6.07) is 7.29. The molecule has 9 heavy (non-hydrogen) atoms. The molecule has 44 valence electrons. The van der Waals surface area contributed by atoms with Gasteiger partial charge in [-0.3, -0.25) is 0 Å². The summed E-state index contributed by atoms with van der Waals surface area (Å²) in [5, 5.41) is 8.26. The summed E-state index contributed by atoms with van der Waals surface area (Å²) in [6.07, 6.45) is 0. The Balaban J connectivity index is 3.06. The third-order valence-corrected chi connectivity index (χ3v) is 0.973. The van der Waals surface area contributed by atoms with Crippen molar-refractivity contribution >= 4 is 0 Å². The molecule has 0 saturated carbocycles. The van der Waals surface area contributed by atoms with Gasteiger partial charge in [0.25, 0.3) is 0 Å². The first-order valence-electron chi connectivity index (χ1n) is 2.48. The van der Waals surface area contributed by atoms with E-state index in [9.17, 15) is 4.39 Å². The van der Waals surface area contributed by atoms with Crippen LogP contribution in [0.2, 0.25) is 0 Å². The van der Waals surface area contributed by atoms with Gasteiger partial charge < -0.3 is 0 Å². The van der Waals surface area contributed by atoms with Gasteiger partial charge >= 0.3 is 0 Å². The van der Waals surface area contributed by atoms with E-state index in [1.54, 1.807) is 0 Å². The van der Waals surface area contributed by atoms with Gasteiger partial charge in [0.15, 0.2) is 0 Å². The van der Waals surface area contributed by atoms with Crippen LogP contribution in [-0.4, -0.2) is 0 Å². The van der Waals surface area contributed by atoms with E-state index in [2.05, 4.69) is 0 Å². The Kier molecular flexibility index (Phi) is 1.46. The van der Waals surface area contributed by atoms with Crippen LogP contribution in [-0.2, 0) is 0 Å². The van der Waals surface area contributed by atoms with Gasteiger partial charge in [0.2, 0.25) is 0 Å². The van der Waals surface area contributed by atoms with Crippen LogP contribution in [0.5, 0.6) is 0 Å². The zero-order valence-corrected chi connectivity index (χ0v) is 4.63. The third kappa shape index (κ3) is 1.26. The molecule has 0 amide bonds. The maximum absolute atomic E-state index is 12.1. The van der Waals surface area contributed by atoms with Gasteiger partial charge in [-0.05, 0) is 24.3 Å². The second-order valence-corrected chi connectivity index (χ2v) is 1.62. The minimum Gasteiger partial charge on any atom is -0.207 e. The van der Waals surface area contributed by atoms with Crippen molar-refractivity contribution < 1.29 is 4.39 Å². The van der Waals surface area contributed by atoms with Crippen molar-refractivity contribution in [3.63, 3.8) is 0 Å². The second-order valence-electron chi connectivity index (χ2n) is 1.62. The number of halogens is 1. The average molecular weight is 122 g/mol. The minimum atomic E-state index is -0.311. The van der Waals surface area contributed by atoms with Crippen LogP contribution in [0, 0.1) is 17.1 Å². The molecule has 1 aromatic rings. The molecule has 0 radical (unpaired) electrons. The highest BCUT2D eigenvalue weighted by atomic mass is 19.1. The fraction of sp³-hybridized carbons (Fsp3) is 0. The zero-order chi connectivity index (χ0) is 6.69. The molecule has 0 unspecified atom stereocenters. The largest absolute Gasteiger partial charge is 0.207 e. The number of hydrogen-bond donors (Lipinski definition) is 0. The average Bonchev–Trinajstić information content (AvgIpc) is 1.90. The monoisotopic (exact) mass is 122 g/mol. The van der Waals surface area contributed by atoms with Crippen molar-refractivity contribution in [2.45, 2.75) is 0 Å². The first kappa shape index (κ1) is 5.77. The molecule has 1 aromatic carbocycles. The molecule has 0 aliphatic carbocycles. The molecule has 0 bridgehead atoms. The molecule has 1 nitrogen and oxygen atoms in total. The lowest BCUT2D eigenvalue weighted by Crippen LogP contribution is -1.73. The summed E-state index contributed by atoms with van der Waals surface area (Å²) < 4.78 is 12.1. The molecular formula is C7H4FN. The Bertz CT molecular complexity index is 232. The SMILES string of the molecule is N#[13C]c1ccc(F)cc1. The lowest BCUT2D eigenvalue weighted by atomic mass is 10.3. The normalized spacial score (nSPS) is 8.44. The van der Waals surface area contributed by atoms with Crippen molar-refractivity contribution in [2.75, 3.05) is 0 Å². The molecule has 0 saturated heterocycles. The van der Waals surface area contributed by atoms with Gasteiger partial charge in [-0.25, -0.2) is 4.39 Å². The molecule has 0 N–H and O–H groups in total. The maximum atomic E-state index is 12.1. The Labute approximate surface area is 52.4 Å². The molecule has 2 heteroatoms. The van der Waals surface area contributed by atoms with Crippen LogP contribution in [0.1, 0.15) is 5.56 Å². The molecule has 1 rings (SSSR count). The summed E-state index contributed by atoms with van der Waals surface area (Å²) in [4.78, 5) is 0. The quantitative estimate of drug-likeness (QED) is 0.480. The van der Waals surface area contributed by atoms with E-state index in [0.717, 1.165) is 0 Å². The number of rotatable bonds is 0. The third-order valence-electron chi connectivity index (χ3n) is 0.973. The molecule has 0 heterocycles. The first-order chi connectivity index (χ1) is 4.33. The van der Waals surface area contributed by atoms with Crippen LogP contribution in [0.3, 0.4) is 0 Å². The van der Waals surface area contributed by atoms with Crippen molar-refractivity contribution in [3.05, 3.63) is 35.6 Å². The summed E-state index contributed by atoms with van der Waals surface area (Å²) in [6.45, 7) is 0. The Hall–Kier alpha value is -1.36. The molecule has 0 fully saturated rings. The predicted molar refractivity (Wildman–Crippen MR) is 31.1 cm³/mol. The van der Waals surface area contributed by atoms with Crippen LogP contribution < -0.4 is 0 Å². The molecule has 0 aliphatic heterocycles. The fourth-order valence-corrected chi connectivity index (χ4v) is 0.524. The summed E-state index contributed by atoms with van der Waals surface area (Å²) >= 11 is 0. The second kappa shape index (κ2) is 2.27. The van der Waals surface area contributed by atoms with Gasteiger partial charge in [0, 0.05) is 0 Å². The molecule has 0 spiro atoms.